The average Bonchev–Trinajstić information content (AvgIpc) is 2.55. The van der Waals surface area contributed by atoms with E-state index in [0.29, 0.717) is 31.8 Å². The van der Waals surface area contributed by atoms with Gasteiger partial charge in [0.15, 0.2) is 0 Å². The zero-order chi connectivity index (χ0) is 15.6. The molecule has 22 heavy (non-hydrogen) atoms. The molecule has 6 nitrogen and oxygen atoms in total. The van der Waals surface area contributed by atoms with Crippen molar-refractivity contribution >= 4 is 21.1 Å². The van der Waals surface area contributed by atoms with Gasteiger partial charge in [0.05, 0.1) is 23.0 Å². The van der Waals surface area contributed by atoms with Gasteiger partial charge in [0, 0.05) is 13.1 Å². The average molecular weight is 321 g/mol. The second-order valence-corrected chi connectivity index (χ2v) is 7.57. The minimum absolute atomic E-state index is 0.0150. The van der Waals surface area contributed by atoms with Crippen LogP contribution in [0.4, 0.5) is 0 Å². The van der Waals surface area contributed by atoms with Crippen LogP contribution in [0.2, 0.25) is 0 Å². The summed E-state index contributed by atoms with van der Waals surface area (Å²) >= 11 is 0. The molecular weight excluding hydrogens is 302 g/mol. The lowest BCUT2D eigenvalue weighted by atomic mass is 10.1. The van der Waals surface area contributed by atoms with Gasteiger partial charge < -0.3 is 4.74 Å². The second kappa shape index (κ2) is 6.18. The number of aromatic nitrogens is 2. The van der Waals surface area contributed by atoms with Gasteiger partial charge in [-0.05, 0) is 31.9 Å². The minimum Gasteiger partial charge on any atom is -0.473 e. The van der Waals surface area contributed by atoms with Gasteiger partial charge in [0.2, 0.25) is 15.9 Å². The number of rotatable bonds is 4. The van der Waals surface area contributed by atoms with Crippen LogP contribution >= 0.6 is 0 Å². The zero-order valence-corrected chi connectivity index (χ0v) is 13.3. The molecule has 0 amide bonds. The highest BCUT2D eigenvalue weighted by Crippen LogP contribution is 2.20. The van der Waals surface area contributed by atoms with Crippen molar-refractivity contribution in [3.8, 4) is 5.88 Å². The topological polar surface area (TPSA) is 72.4 Å². The Morgan fingerprint density at radius 2 is 1.91 bits per heavy atom. The lowest BCUT2D eigenvalue weighted by Gasteiger charge is -2.30. The zero-order valence-electron chi connectivity index (χ0n) is 12.5. The number of piperidine rings is 1. The number of sulfonamides is 1. The van der Waals surface area contributed by atoms with Gasteiger partial charge in [0.1, 0.15) is 6.10 Å². The SMILES string of the molecule is CCS(=O)(=O)N1CCC(Oc2cnc3ccccc3n2)CC1. The largest absolute Gasteiger partial charge is 0.473 e. The fourth-order valence-electron chi connectivity index (χ4n) is 2.58. The highest BCUT2D eigenvalue weighted by Gasteiger charge is 2.27. The maximum atomic E-state index is 11.8. The summed E-state index contributed by atoms with van der Waals surface area (Å²) in [6.45, 7) is 2.67. The fourth-order valence-corrected chi connectivity index (χ4v) is 3.71. The Labute approximate surface area is 130 Å². The van der Waals surface area contributed by atoms with Crippen molar-refractivity contribution in [2.45, 2.75) is 25.9 Å². The third-order valence-corrected chi connectivity index (χ3v) is 5.75. The van der Waals surface area contributed by atoms with Crippen molar-refractivity contribution < 1.29 is 13.2 Å². The van der Waals surface area contributed by atoms with E-state index in [-0.39, 0.29) is 11.9 Å². The summed E-state index contributed by atoms with van der Waals surface area (Å²) in [4.78, 5) is 8.76. The minimum atomic E-state index is -3.10. The summed E-state index contributed by atoms with van der Waals surface area (Å²) in [6.07, 6.45) is 2.96. The molecule has 3 rings (SSSR count). The molecule has 1 aromatic heterocycles. The Balaban J connectivity index is 1.64. The third kappa shape index (κ3) is 3.20. The van der Waals surface area contributed by atoms with Crippen molar-refractivity contribution in [1.29, 1.82) is 0 Å². The van der Waals surface area contributed by atoms with Gasteiger partial charge in [-0.2, -0.15) is 0 Å². The highest BCUT2D eigenvalue weighted by molar-refractivity contribution is 7.89. The van der Waals surface area contributed by atoms with Gasteiger partial charge in [-0.3, -0.25) is 0 Å². The van der Waals surface area contributed by atoms with E-state index >= 15 is 0 Å². The predicted octanol–water partition coefficient (Wildman–Crippen LogP) is 1.82. The molecule has 0 N–H and O–H groups in total. The number of nitrogens with zero attached hydrogens (tertiary/aromatic N) is 3. The first-order valence-corrected chi connectivity index (χ1v) is 9.05. The third-order valence-electron chi connectivity index (χ3n) is 3.87. The molecule has 0 bridgehead atoms. The van der Waals surface area contributed by atoms with Crippen molar-refractivity contribution in [2.75, 3.05) is 18.8 Å². The van der Waals surface area contributed by atoms with Crippen molar-refractivity contribution in [1.82, 2.24) is 14.3 Å². The molecule has 1 aliphatic heterocycles. The Hall–Kier alpha value is -1.73. The van der Waals surface area contributed by atoms with Crippen molar-refractivity contribution in [3.05, 3.63) is 30.5 Å². The van der Waals surface area contributed by atoms with Gasteiger partial charge in [-0.15, -0.1) is 0 Å². The molecule has 0 spiro atoms. The van der Waals surface area contributed by atoms with E-state index in [1.807, 2.05) is 24.3 Å². The van der Waals surface area contributed by atoms with Crippen LogP contribution in [0.3, 0.4) is 0 Å². The number of fused-ring (bicyclic) bond motifs is 1. The van der Waals surface area contributed by atoms with Crippen LogP contribution in [-0.4, -0.2) is 47.6 Å². The molecule has 0 radical (unpaired) electrons. The molecule has 0 atom stereocenters. The maximum absolute atomic E-state index is 11.8. The summed E-state index contributed by atoms with van der Waals surface area (Å²) in [5.74, 6) is 0.643. The molecule has 0 saturated carbocycles. The lowest BCUT2D eigenvalue weighted by Crippen LogP contribution is -2.42. The summed E-state index contributed by atoms with van der Waals surface area (Å²) in [5, 5.41) is 0. The van der Waals surface area contributed by atoms with E-state index in [1.165, 1.54) is 0 Å². The Kier molecular flexibility index (Phi) is 4.26. The second-order valence-electron chi connectivity index (χ2n) is 5.31. The normalized spacial score (nSPS) is 17.7. The molecule has 0 aliphatic carbocycles. The van der Waals surface area contributed by atoms with Crippen LogP contribution in [-0.2, 0) is 10.0 Å². The Bertz CT molecular complexity index is 755. The first kappa shape index (κ1) is 15.2. The van der Waals surface area contributed by atoms with E-state index in [0.717, 1.165) is 11.0 Å². The molecule has 2 heterocycles. The monoisotopic (exact) mass is 321 g/mol. The van der Waals surface area contributed by atoms with E-state index in [9.17, 15) is 8.42 Å². The molecule has 0 unspecified atom stereocenters. The van der Waals surface area contributed by atoms with Gasteiger partial charge >= 0.3 is 0 Å². The van der Waals surface area contributed by atoms with Crippen LogP contribution < -0.4 is 4.74 Å². The molecule has 1 fully saturated rings. The van der Waals surface area contributed by atoms with E-state index < -0.39 is 10.0 Å². The van der Waals surface area contributed by atoms with Crippen LogP contribution in [0.25, 0.3) is 11.0 Å². The van der Waals surface area contributed by atoms with Crippen molar-refractivity contribution in [3.63, 3.8) is 0 Å². The number of benzene rings is 1. The van der Waals surface area contributed by atoms with Crippen LogP contribution in [0.1, 0.15) is 19.8 Å². The first-order valence-electron chi connectivity index (χ1n) is 7.45. The van der Waals surface area contributed by atoms with Gasteiger partial charge in [-0.25, -0.2) is 22.7 Å². The standard InChI is InChI=1S/C15H19N3O3S/c1-2-22(19,20)18-9-7-12(8-10-18)21-15-11-16-13-5-3-4-6-14(13)17-15/h3-6,11-12H,2,7-10H2,1H3. The molecule has 118 valence electrons. The lowest BCUT2D eigenvalue weighted by molar-refractivity contribution is 0.130. The molecule has 2 aromatic rings. The van der Waals surface area contributed by atoms with E-state index in [1.54, 1.807) is 17.4 Å². The molecular formula is C15H19N3O3S. The first-order chi connectivity index (χ1) is 10.6. The quantitative estimate of drug-likeness (QED) is 0.859. The van der Waals surface area contributed by atoms with Crippen LogP contribution in [0.15, 0.2) is 30.5 Å². The molecule has 1 aliphatic rings. The molecule has 7 heteroatoms. The summed E-state index contributed by atoms with van der Waals surface area (Å²) in [5.41, 5.74) is 1.63. The predicted molar refractivity (Wildman–Crippen MR) is 84.2 cm³/mol. The van der Waals surface area contributed by atoms with Gasteiger partial charge in [-0.1, -0.05) is 12.1 Å². The fraction of sp³-hybridized carbons (Fsp3) is 0.467. The summed E-state index contributed by atoms with van der Waals surface area (Å²) in [6, 6.07) is 7.63. The van der Waals surface area contributed by atoms with E-state index in [4.69, 9.17) is 4.74 Å². The van der Waals surface area contributed by atoms with Crippen LogP contribution in [0.5, 0.6) is 5.88 Å². The maximum Gasteiger partial charge on any atom is 0.233 e. The Morgan fingerprint density at radius 1 is 1.23 bits per heavy atom. The number of hydrogen-bond acceptors (Lipinski definition) is 5. The Morgan fingerprint density at radius 3 is 2.59 bits per heavy atom. The summed E-state index contributed by atoms with van der Waals surface area (Å²) < 4.78 is 31.1. The van der Waals surface area contributed by atoms with Crippen molar-refractivity contribution in [2.24, 2.45) is 0 Å². The molecule has 1 aromatic carbocycles. The number of hydrogen-bond donors (Lipinski definition) is 0. The highest BCUT2D eigenvalue weighted by atomic mass is 32.2. The van der Waals surface area contributed by atoms with Gasteiger partial charge in [0.25, 0.3) is 0 Å². The summed E-state index contributed by atoms with van der Waals surface area (Å²) in [7, 11) is -3.10. The number of para-hydroxylation sites is 2. The smallest absolute Gasteiger partial charge is 0.233 e. The van der Waals surface area contributed by atoms with Crippen LogP contribution in [0, 0.1) is 0 Å². The molecule has 1 saturated heterocycles. The number of ether oxygens (including phenoxy) is 1. The van der Waals surface area contributed by atoms with E-state index in [2.05, 4.69) is 9.97 Å².